The zero-order valence-electron chi connectivity index (χ0n) is 22.8. The number of esters is 1. The predicted molar refractivity (Wildman–Crippen MR) is 142 cm³/mol. The minimum Gasteiger partial charge on any atom is -0.434 e. The molecule has 2 atom stereocenters. The first-order valence-electron chi connectivity index (χ1n) is 12.8. The highest BCUT2D eigenvalue weighted by Gasteiger charge is 2.35. The number of tetrazole rings is 1. The number of aryl methyl sites for hydroxylation is 1. The van der Waals surface area contributed by atoms with Crippen LogP contribution < -0.4 is 0 Å². The second-order valence-corrected chi connectivity index (χ2v) is 9.49. The molecular formula is C27H34N6O6. The number of nitrogens with zero attached hydrogens (tertiary/aromatic N) is 6. The minimum absolute atomic E-state index is 0.165. The zero-order chi connectivity index (χ0) is 28.5. The van der Waals surface area contributed by atoms with E-state index in [0.29, 0.717) is 12.2 Å². The van der Waals surface area contributed by atoms with Crippen molar-refractivity contribution in [1.82, 2.24) is 25.1 Å². The van der Waals surface area contributed by atoms with Crippen LogP contribution in [0.1, 0.15) is 52.5 Å². The van der Waals surface area contributed by atoms with Crippen LogP contribution in [0.4, 0.5) is 0 Å². The fourth-order valence-electron chi connectivity index (χ4n) is 4.26. The highest BCUT2D eigenvalue weighted by Crippen LogP contribution is 2.30. The molecule has 12 nitrogen and oxygen atoms in total. The van der Waals surface area contributed by atoms with Gasteiger partial charge in [-0.15, -0.1) is 20.3 Å². The van der Waals surface area contributed by atoms with Gasteiger partial charge in [0, 0.05) is 18.5 Å². The Kier molecular flexibility index (Phi) is 10.1. The molecule has 39 heavy (non-hydrogen) atoms. The van der Waals surface area contributed by atoms with E-state index in [1.807, 2.05) is 55.5 Å². The molecule has 0 aliphatic carbocycles. The van der Waals surface area contributed by atoms with Crippen LogP contribution in [-0.2, 0) is 32.8 Å². The zero-order valence-corrected chi connectivity index (χ0v) is 22.8. The van der Waals surface area contributed by atoms with Gasteiger partial charge in [-0.1, -0.05) is 75.7 Å². The van der Waals surface area contributed by atoms with Crippen molar-refractivity contribution in [3.63, 3.8) is 0 Å². The van der Waals surface area contributed by atoms with E-state index >= 15 is 0 Å². The van der Waals surface area contributed by atoms with Gasteiger partial charge in [-0.05, 0) is 41.2 Å². The van der Waals surface area contributed by atoms with Crippen molar-refractivity contribution in [3.8, 4) is 22.5 Å². The maximum absolute atomic E-state index is 13.3. The van der Waals surface area contributed by atoms with E-state index in [1.54, 1.807) is 20.9 Å². The maximum Gasteiger partial charge on any atom is 0.331 e. The standard InChI is InChI=1S/C27H34N6O6/c1-6-7-12-24(34)32(25(18(2)3)27(35)38-19(4)39-33(36)37)17-20-13-15-21(16-14-20)22-10-8-9-11-23(22)26-28-30-31(5)29-26/h8-11,13-16,18-19,25H,6-7,12,17H2,1-5H3/t19?,25-/m0/s1. The van der Waals surface area contributed by atoms with Crippen molar-refractivity contribution in [2.45, 2.75) is 65.8 Å². The van der Waals surface area contributed by atoms with Gasteiger partial charge in [0.2, 0.25) is 18.0 Å². The smallest absolute Gasteiger partial charge is 0.331 e. The van der Waals surface area contributed by atoms with Gasteiger partial charge >= 0.3 is 5.97 Å². The highest BCUT2D eigenvalue weighted by atomic mass is 17.0. The summed E-state index contributed by atoms with van der Waals surface area (Å²) >= 11 is 0. The van der Waals surface area contributed by atoms with Crippen molar-refractivity contribution >= 4 is 11.9 Å². The molecule has 12 heteroatoms. The average Bonchev–Trinajstić information content (AvgIpc) is 3.32. The van der Waals surface area contributed by atoms with E-state index in [0.717, 1.165) is 28.7 Å². The Morgan fingerprint density at radius 2 is 1.74 bits per heavy atom. The Morgan fingerprint density at radius 1 is 1.08 bits per heavy atom. The molecule has 0 spiro atoms. The highest BCUT2D eigenvalue weighted by molar-refractivity contribution is 5.85. The number of hydrogen-bond donors (Lipinski definition) is 0. The Morgan fingerprint density at radius 3 is 2.31 bits per heavy atom. The van der Waals surface area contributed by atoms with Gasteiger partial charge in [-0.25, -0.2) is 4.79 Å². The van der Waals surface area contributed by atoms with Crippen LogP contribution in [-0.4, -0.2) is 54.4 Å². The van der Waals surface area contributed by atoms with Crippen LogP contribution in [0.5, 0.6) is 0 Å². The molecule has 0 aliphatic heterocycles. The summed E-state index contributed by atoms with van der Waals surface area (Å²) in [7, 11) is 1.71. The third-order valence-electron chi connectivity index (χ3n) is 6.08. The molecule has 1 aromatic heterocycles. The quantitative estimate of drug-likeness (QED) is 0.135. The number of ether oxygens (including phenoxy) is 1. The molecule has 0 aliphatic rings. The number of hydrogen-bond acceptors (Lipinski definition) is 9. The fraction of sp³-hybridized carbons (Fsp3) is 0.444. The SMILES string of the molecule is CCCCC(=O)N(Cc1ccc(-c2ccccc2-c2nnn(C)n2)cc1)[C@H](C(=O)OC(C)O[N+](=O)[O-])C(C)C. The molecule has 3 rings (SSSR count). The number of carbonyl (C=O) groups is 2. The summed E-state index contributed by atoms with van der Waals surface area (Å²) in [5.74, 6) is -0.750. The van der Waals surface area contributed by atoms with Crippen molar-refractivity contribution in [2.75, 3.05) is 0 Å². The van der Waals surface area contributed by atoms with Crippen LogP contribution in [0.3, 0.4) is 0 Å². The Balaban J connectivity index is 1.88. The third-order valence-corrected chi connectivity index (χ3v) is 6.08. The molecule has 3 aromatic rings. The van der Waals surface area contributed by atoms with Gasteiger partial charge < -0.3 is 9.64 Å². The molecule has 0 N–H and O–H groups in total. The topological polar surface area (TPSA) is 143 Å². The fourth-order valence-corrected chi connectivity index (χ4v) is 4.26. The molecule has 0 saturated carbocycles. The monoisotopic (exact) mass is 538 g/mol. The lowest BCUT2D eigenvalue weighted by Gasteiger charge is -2.33. The average molecular weight is 539 g/mol. The number of carbonyl (C=O) groups excluding carboxylic acids is 2. The van der Waals surface area contributed by atoms with Crippen LogP contribution in [0.15, 0.2) is 48.5 Å². The largest absolute Gasteiger partial charge is 0.434 e. The van der Waals surface area contributed by atoms with E-state index in [9.17, 15) is 19.7 Å². The second-order valence-electron chi connectivity index (χ2n) is 9.49. The molecule has 1 amide bonds. The first-order chi connectivity index (χ1) is 18.6. The summed E-state index contributed by atoms with van der Waals surface area (Å²) < 4.78 is 5.18. The summed E-state index contributed by atoms with van der Waals surface area (Å²) in [4.78, 5) is 44.2. The Hall–Kier alpha value is -4.35. The molecule has 208 valence electrons. The van der Waals surface area contributed by atoms with E-state index in [1.165, 1.54) is 16.6 Å². The summed E-state index contributed by atoms with van der Waals surface area (Å²) in [6.07, 6.45) is 0.357. The first kappa shape index (κ1) is 29.2. The molecule has 0 fully saturated rings. The summed E-state index contributed by atoms with van der Waals surface area (Å²) in [5, 5.41) is 22.0. The van der Waals surface area contributed by atoms with Gasteiger partial charge in [0.05, 0.1) is 7.05 Å². The first-order valence-corrected chi connectivity index (χ1v) is 12.8. The second kappa shape index (κ2) is 13.4. The molecular weight excluding hydrogens is 504 g/mol. The van der Waals surface area contributed by atoms with Crippen molar-refractivity contribution in [2.24, 2.45) is 13.0 Å². The van der Waals surface area contributed by atoms with Gasteiger partial charge in [0.1, 0.15) is 6.04 Å². The maximum atomic E-state index is 13.3. The van der Waals surface area contributed by atoms with Crippen LogP contribution >= 0.6 is 0 Å². The number of rotatable bonds is 13. The molecule has 0 radical (unpaired) electrons. The lowest BCUT2D eigenvalue weighted by Crippen LogP contribution is -2.49. The molecule has 0 saturated heterocycles. The minimum atomic E-state index is -1.40. The Bertz CT molecular complexity index is 1280. The molecule has 2 aromatic carbocycles. The normalized spacial score (nSPS) is 12.6. The van der Waals surface area contributed by atoms with E-state index in [-0.39, 0.29) is 24.8 Å². The van der Waals surface area contributed by atoms with E-state index < -0.39 is 23.4 Å². The van der Waals surface area contributed by atoms with Gasteiger partial charge in [-0.2, -0.15) is 4.80 Å². The van der Waals surface area contributed by atoms with Crippen LogP contribution in [0, 0.1) is 16.0 Å². The van der Waals surface area contributed by atoms with Crippen molar-refractivity contribution in [3.05, 3.63) is 64.2 Å². The molecule has 0 bridgehead atoms. The lowest BCUT2D eigenvalue weighted by atomic mass is 9.97. The lowest BCUT2D eigenvalue weighted by molar-refractivity contribution is -0.777. The molecule has 1 heterocycles. The van der Waals surface area contributed by atoms with Crippen molar-refractivity contribution < 1.29 is 24.3 Å². The van der Waals surface area contributed by atoms with Crippen LogP contribution in [0.25, 0.3) is 22.5 Å². The number of unbranched alkanes of at least 4 members (excludes halogenated alkanes) is 1. The Labute approximate surface area is 227 Å². The summed E-state index contributed by atoms with van der Waals surface area (Å²) in [6.45, 7) is 7.00. The number of benzene rings is 2. The van der Waals surface area contributed by atoms with Crippen LogP contribution in [0.2, 0.25) is 0 Å². The van der Waals surface area contributed by atoms with E-state index in [2.05, 4.69) is 20.2 Å². The molecule has 1 unspecified atom stereocenters. The predicted octanol–water partition coefficient (Wildman–Crippen LogP) is 4.19. The van der Waals surface area contributed by atoms with Gasteiger partial charge in [0.15, 0.2) is 0 Å². The van der Waals surface area contributed by atoms with Gasteiger partial charge in [-0.3, -0.25) is 9.63 Å². The van der Waals surface area contributed by atoms with E-state index in [4.69, 9.17) is 4.74 Å². The summed E-state index contributed by atoms with van der Waals surface area (Å²) in [6, 6.07) is 14.5. The van der Waals surface area contributed by atoms with Crippen molar-refractivity contribution in [1.29, 1.82) is 0 Å². The van der Waals surface area contributed by atoms with Gasteiger partial charge in [0.25, 0.3) is 5.09 Å². The third kappa shape index (κ3) is 7.82. The summed E-state index contributed by atoms with van der Waals surface area (Å²) in [5.41, 5.74) is 3.50. The number of amides is 1. The number of aromatic nitrogens is 4.